The van der Waals surface area contributed by atoms with E-state index in [1.807, 2.05) is 0 Å². The van der Waals surface area contributed by atoms with Crippen LogP contribution >= 0.6 is 0 Å². The van der Waals surface area contributed by atoms with Gasteiger partial charge in [-0.05, 0) is 23.5 Å². The first-order valence-electron chi connectivity index (χ1n) is 7.59. The molecule has 0 heterocycles. The number of aliphatic hydroxyl groups is 1. The average Bonchev–Trinajstić information content (AvgIpc) is 2.32. The number of methoxy groups -OCH3 is 1. The highest BCUT2D eigenvalue weighted by molar-refractivity contribution is 6.77. The molecule has 0 fully saturated rings. The molecule has 4 nitrogen and oxygen atoms in total. The van der Waals surface area contributed by atoms with Crippen LogP contribution in [-0.4, -0.2) is 32.1 Å². The molecule has 0 saturated heterocycles. The molecule has 0 aliphatic rings. The van der Waals surface area contributed by atoms with Gasteiger partial charge in [-0.1, -0.05) is 48.1 Å². The SMILES string of the molecule is C=C(C[C@@](C)(O)C(=O)OC)O[Si](C(C)C)(C(C)C)C(C)C. The van der Waals surface area contributed by atoms with E-state index >= 15 is 0 Å². The first kappa shape index (κ1) is 20.2. The molecule has 124 valence electrons. The summed E-state index contributed by atoms with van der Waals surface area (Å²) in [5.74, 6) is -0.202. The molecular weight excluding hydrogens is 284 g/mol. The van der Waals surface area contributed by atoms with E-state index in [1.165, 1.54) is 14.0 Å². The summed E-state index contributed by atoms with van der Waals surface area (Å²) in [7, 11) is -0.838. The summed E-state index contributed by atoms with van der Waals surface area (Å²) in [6.07, 6.45) is 0.0561. The minimum atomic E-state index is -2.10. The molecule has 0 radical (unpaired) electrons. The number of rotatable bonds is 8. The number of esters is 1. The molecule has 1 atom stereocenters. The van der Waals surface area contributed by atoms with Gasteiger partial charge in [0, 0.05) is 6.42 Å². The molecular formula is C16H32O4Si. The molecule has 21 heavy (non-hydrogen) atoms. The van der Waals surface area contributed by atoms with Crippen LogP contribution in [0.5, 0.6) is 0 Å². The molecule has 1 N–H and O–H groups in total. The van der Waals surface area contributed by atoms with E-state index < -0.39 is 19.9 Å². The minimum Gasteiger partial charge on any atom is -0.546 e. The van der Waals surface area contributed by atoms with Crippen LogP contribution < -0.4 is 0 Å². The fourth-order valence-corrected chi connectivity index (χ4v) is 8.59. The maximum absolute atomic E-state index is 11.6. The van der Waals surface area contributed by atoms with Gasteiger partial charge in [-0.3, -0.25) is 0 Å². The molecule has 0 spiro atoms. The van der Waals surface area contributed by atoms with Gasteiger partial charge in [0.25, 0.3) is 8.32 Å². The summed E-state index contributed by atoms with van der Waals surface area (Å²) < 4.78 is 10.9. The topological polar surface area (TPSA) is 55.8 Å². The highest BCUT2D eigenvalue weighted by Gasteiger charge is 2.47. The van der Waals surface area contributed by atoms with E-state index in [0.717, 1.165) is 0 Å². The zero-order valence-electron chi connectivity index (χ0n) is 14.8. The van der Waals surface area contributed by atoms with Crippen LogP contribution in [0.15, 0.2) is 12.3 Å². The highest BCUT2D eigenvalue weighted by Crippen LogP contribution is 2.44. The first-order chi connectivity index (χ1) is 9.41. The van der Waals surface area contributed by atoms with E-state index in [-0.39, 0.29) is 6.42 Å². The fourth-order valence-electron chi connectivity index (χ4n) is 3.32. The molecule has 0 saturated carbocycles. The Bertz CT molecular complexity index is 351. The van der Waals surface area contributed by atoms with Crippen molar-refractivity contribution < 1.29 is 19.1 Å². The van der Waals surface area contributed by atoms with Gasteiger partial charge in [0.05, 0.1) is 12.9 Å². The van der Waals surface area contributed by atoms with Crippen molar-refractivity contribution in [2.75, 3.05) is 7.11 Å². The van der Waals surface area contributed by atoms with E-state index in [2.05, 4.69) is 52.9 Å². The Hall–Kier alpha value is -0.813. The van der Waals surface area contributed by atoms with E-state index in [1.54, 1.807) is 0 Å². The summed E-state index contributed by atoms with van der Waals surface area (Å²) in [4.78, 5) is 11.6. The predicted octanol–water partition coefficient (Wildman–Crippen LogP) is 4.01. The number of hydrogen-bond donors (Lipinski definition) is 1. The standard InChI is InChI=1S/C16H32O4Si/c1-11(2)21(12(3)4,13(5)6)20-14(7)10-16(8,18)15(17)19-9/h11-13,18H,7,10H2,1-6,8-9H3/t16-/m1/s1. The quantitative estimate of drug-likeness (QED) is 0.418. The molecule has 0 aliphatic carbocycles. The summed E-state index contributed by atoms with van der Waals surface area (Å²) in [6, 6.07) is 0. The minimum absolute atomic E-state index is 0.0561. The summed E-state index contributed by atoms with van der Waals surface area (Å²) in [5, 5.41) is 10.2. The molecule has 0 bridgehead atoms. The Balaban J connectivity index is 5.22. The maximum atomic E-state index is 11.6. The van der Waals surface area contributed by atoms with E-state index in [9.17, 15) is 9.90 Å². The second-order valence-corrected chi connectivity index (χ2v) is 12.3. The zero-order valence-corrected chi connectivity index (χ0v) is 15.8. The van der Waals surface area contributed by atoms with Crippen LogP contribution in [0.4, 0.5) is 0 Å². The predicted molar refractivity (Wildman–Crippen MR) is 88.5 cm³/mol. The number of carbonyl (C=O) groups is 1. The van der Waals surface area contributed by atoms with Crippen molar-refractivity contribution in [2.45, 2.75) is 77.1 Å². The highest BCUT2D eigenvalue weighted by atomic mass is 28.4. The van der Waals surface area contributed by atoms with Gasteiger partial charge in [-0.2, -0.15) is 0 Å². The van der Waals surface area contributed by atoms with Crippen LogP contribution in [0.2, 0.25) is 16.6 Å². The van der Waals surface area contributed by atoms with Crippen LogP contribution in [0.1, 0.15) is 54.9 Å². The summed E-state index contributed by atoms with van der Waals surface area (Å²) in [5.41, 5.74) is -0.358. The molecule has 0 aromatic rings. The molecule has 0 aromatic heterocycles. The smallest absolute Gasteiger partial charge is 0.338 e. The number of carbonyl (C=O) groups excluding carboxylic acids is 1. The van der Waals surface area contributed by atoms with Gasteiger partial charge in [-0.15, -0.1) is 0 Å². The van der Waals surface area contributed by atoms with Crippen LogP contribution in [0.3, 0.4) is 0 Å². The first-order valence-corrected chi connectivity index (χ1v) is 9.73. The molecule has 0 rings (SSSR count). The van der Waals surface area contributed by atoms with Gasteiger partial charge in [0.15, 0.2) is 5.60 Å². The Morgan fingerprint density at radius 3 is 1.81 bits per heavy atom. The number of ether oxygens (including phenoxy) is 1. The third kappa shape index (κ3) is 4.58. The average molecular weight is 317 g/mol. The lowest BCUT2D eigenvalue weighted by atomic mass is 10.0. The zero-order chi connectivity index (χ0) is 17.0. The Morgan fingerprint density at radius 1 is 1.14 bits per heavy atom. The van der Waals surface area contributed by atoms with Gasteiger partial charge >= 0.3 is 5.97 Å². The van der Waals surface area contributed by atoms with Crippen LogP contribution in [-0.2, 0) is 14.0 Å². The fraction of sp³-hybridized carbons (Fsp3) is 0.812. The third-order valence-electron chi connectivity index (χ3n) is 4.19. The Labute approximate surface area is 130 Å². The van der Waals surface area contributed by atoms with Crippen LogP contribution in [0.25, 0.3) is 0 Å². The second kappa shape index (κ2) is 7.45. The van der Waals surface area contributed by atoms with Gasteiger partial charge in [0.2, 0.25) is 0 Å². The maximum Gasteiger partial charge on any atom is 0.338 e. The third-order valence-corrected chi connectivity index (χ3v) is 10.3. The molecule has 5 heteroatoms. The van der Waals surface area contributed by atoms with E-state index in [0.29, 0.717) is 22.4 Å². The molecule has 0 aromatic carbocycles. The lowest BCUT2D eigenvalue weighted by Gasteiger charge is -2.43. The van der Waals surface area contributed by atoms with Crippen molar-refractivity contribution in [1.29, 1.82) is 0 Å². The molecule has 0 amide bonds. The monoisotopic (exact) mass is 316 g/mol. The van der Waals surface area contributed by atoms with Crippen LogP contribution in [0, 0.1) is 0 Å². The van der Waals surface area contributed by atoms with Crippen molar-refractivity contribution in [1.82, 2.24) is 0 Å². The van der Waals surface area contributed by atoms with Gasteiger partial charge in [-0.25, -0.2) is 4.79 Å². The summed E-state index contributed by atoms with van der Waals surface area (Å²) >= 11 is 0. The van der Waals surface area contributed by atoms with Crippen molar-refractivity contribution in [3.05, 3.63) is 12.3 Å². The summed E-state index contributed by atoms with van der Waals surface area (Å²) in [6.45, 7) is 18.4. The lowest BCUT2D eigenvalue weighted by Crippen LogP contribution is -2.48. The van der Waals surface area contributed by atoms with E-state index in [4.69, 9.17) is 4.43 Å². The molecule has 0 aliphatic heterocycles. The second-order valence-electron chi connectivity index (χ2n) is 6.90. The normalized spacial score (nSPS) is 15.2. The Morgan fingerprint density at radius 2 is 1.52 bits per heavy atom. The van der Waals surface area contributed by atoms with Gasteiger partial charge in [0.1, 0.15) is 0 Å². The van der Waals surface area contributed by atoms with Gasteiger partial charge < -0.3 is 14.3 Å². The van der Waals surface area contributed by atoms with Crippen molar-refractivity contribution in [2.24, 2.45) is 0 Å². The largest absolute Gasteiger partial charge is 0.546 e. The lowest BCUT2D eigenvalue weighted by molar-refractivity contribution is -0.160. The van der Waals surface area contributed by atoms with Crippen molar-refractivity contribution in [3.63, 3.8) is 0 Å². The Kier molecular flexibility index (Phi) is 7.16. The van der Waals surface area contributed by atoms with Crippen molar-refractivity contribution >= 4 is 14.3 Å². The molecule has 0 unspecified atom stereocenters. The van der Waals surface area contributed by atoms with Crippen molar-refractivity contribution in [3.8, 4) is 0 Å². The number of hydrogen-bond acceptors (Lipinski definition) is 4.